The summed E-state index contributed by atoms with van der Waals surface area (Å²) in [5.74, 6) is 1.79. The summed E-state index contributed by atoms with van der Waals surface area (Å²) in [5.41, 5.74) is 0. The molecule has 4 heteroatoms. The zero-order valence-electron chi connectivity index (χ0n) is 14.7. The predicted octanol–water partition coefficient (Wildman–Crippen LogP) is 2.38. The van der Waals surface area contributed by atoms with Gasteiger partial charge >= 0.3 is 0 Å². The van der Waals surface area contributed by atoms with E-state index in [1.165, 1.54) is 19.5 Å². The van der Waals surface area contributed by atoms with Gasteiger partial charge in [-0.15, -0.1) is 0 Å². The second-order valence-corrected chi connectivity index (χ2v) is 6.78. The summed E-state index contributed by atoms with van der Waals surface area (Å²) in [7, 11) is 0. The smallest absolute Gasteiger partial charge is 0.0645 e. The molecule has 0 saturated carbocycles. The molecule has 2 saturated heterocycles. The lowest BCUT2D eigenvalue weighted by Crippen LogP contribution is -2.47. The van der Waals surface area contributed by atoms with Crippen molar-refractivity contribution in [2.45, 2.75) is 53.1 Å². The summed E-state index contributed by atoms with van der Waals surface area (Å²) >= 11 is 0. The van der Waals surface area contributed by atoms with Gasteiger partial charge in [0.2, 0.25) is 0 Å². The average molecular weight is 300 g/mol. The fraction of sp³-hybridized carbons (Fsp3) is 1.00. The second-order valence-electron chi connectivity index (χ2n) is 6.78. The maximum Gasteiger partial charge on any atom is 0.0645 e. The summed E-state index contributed by atoms with van der Waals surface area (Å²) < 4.78 is 10.3. The van der Waals surface area contributed by atoms with E-state index in [1.54, 1.807) is 0 Å². The number of nitrogens with one attached hydrogen (secondary N) is 1. The number of nitrogens with zero attached hydrogens (tertiary/aromatic N) is 1. The summed E-state index contributed by atoms with van der Waals surface area (Å²) in [6, 6.07) is 1.33. The summed E-state index contributed by atoms with van der Waals surface area (Å²) in [6.45, 7) is 18.1. The van der Waals surface area contributed by atoms with Crippen LogP contribution in [0.2, 0.25) is 0 Å². The Morgan fingerprint density at radius 3 is 2.38 bits per heavy atom. The molecule has 0 amide bonds. The van der Waals surface area contributed by atoms with Gasteiger partial charge in [-0.05, 0) is 31.7 Å². The fourth-order valence-corrected chi connectivity index (χ4v) is 2.69. The van der Waals surface area contributed by atoms with Crippen molar-refractivity contribution in [1.82, 2.24) is 10.2 Å². The Hall–Kier alpha value is -0.160. The van der Waals surface area contributed by atoms with Crippen LogP contribution < -0.4 is 5.32 Å². The molecule has 2 rings (SSSR count). The van der Waals surface area contributed by atoms with E-state index in [-0.39, 0.29) is 0 Å². The molecule has 0 aromatic heterocycles. The number of likely N-dealkylation sites (tertiary alicyclic amines) is 1. The lowest BCUT2D eigenvalue weighted by molar-refractivity contribution is -0.0585. The molecule has 0 aromatic rings. The Morgan fingerprint density at radius 2 is 1.95 bits per heavy atom. The van der Waals surface area contributed by atoms with Crippen LogP contribution in [-0.4, -0.2) is 63.0 Å². The SMILES string of the molecule is CC(C)C1CCN(C2COC2)C1.CCOCCNC(C)C. The van der Waals surface area contributed by atoms with Gasteiger partial charge in [0.25, 0.3) is 0 Å². The van der Waals surface area contributed by atoms with Crippen molar-refractivity contribution >= 4 is 0 Å². The van der Waals surface area contributed by atoms with E-state index >= 15 is 0 Å². The summed E-state index contributed by atoms with van der Waals surface area (Å²) in [6.07, 6.45) is 1.40. The molecule has 0 aliphatic carbocycles. The maximum atomic E-state index is 5.20. The van der Waals surface area contributed by atoms with Crippen LogP contribution in [0.25, 0.3) is 0 Å². The highest BCUT2D eigenvalue weighted by molar-refractivity contribution is 4.85. The van der Waals surface area contributed by atoms with Crippen LogP contribution >= 0.6 is 0 Å². The van der Waals surface area contributed by atoms with E-state index in [9.17, 15) is 0 Å². The third-order valence-electron chi connectivity index (χ3n) is 4.34. The van der Waals surface area contributed by atoms with E-state index < -0.39 is 0 Å². The van der Waals surface area contributed by atoms with Crippen molar-refractivity contribution in [3.8, 4) is 0 Å². The molecule has 2 aliphatic rings. The molecule has 4 nitrogen and oxygen atoms in total. The van der Waals surface area contributed by atoms with Crippen molar-refractivity contribution in [2.24, 2.45) is 11.8 Å². The minimum Gasteiger partial charge on any atom is -0.380 e. The summed E-state index contributed by atoms with van der Waals surface area (Å²) in [5, 5.41) is 3.26. The van der Waals surface area contributed by atoms with E-state index in [0.717, 1.165) is 50.8 Å². The molecule has 1 unspecified atom stereocenters. The number of hydrogen-bond donors (Lipinski definition) is 1. The van der Waals surface area contributed by atoms with Gasteiger partial charge in [-0.2, -0.15) is 0 Å². The largest absolute Gasteiger partial charge is 0.380 e. The second kappa shape index (κ2) is 10.5. The maximum absolute atomic E-state index is 5.20. The van der Waals surface area contributed by atoms with Gasteiger partial charge in [-0.3, -0.25) is 4.90 Å². The van der Waals surface area contributed by atoms with Crippen LogP contribution in [0.1, 0.15) is 41.0 Å². The molecule has 0 aromatic carbocycles. The molecular formula is C17H36N2O2. The van der Waals surface area contributed by atoms with Crippen molar-refractivity contribution in [3.63, 3.8) is 0 Å². The third kappa shape index (κ3) is 7.59. The van der Waals surface area contributed by atoms with Gasteiger partial charge in [-0.25, -0.2) is 0 Å². The highest BCUT2D eigenvalue weighted by Gasteiger charge is 2.33. The Kier molecular flexibility index (Phi) is 9.49. The standard InChI is InChI=1S/C10H19NO.C7H17NO/c1-8(2)9-3-4-11(5-9)10-6-12-7-10;1-4-9-6-5-8-7(2)3/h8-10H,3-7H2,1-2H3;7-8H,4-6H2,1-3H3. The van der Waals surface area contributed by atoms with Crippen LogP contribution in [-0.2, 0) is 9.47 Å². The molecule has 0 spiro atoms. The normalized spacial score (nSPS) is 23.3. The van der Waals surface area contributed by atoms with Crippen LogP contribution in [0, 0.1) is 11.8 Å². The Bertz CT molecular complexity index is 255. The zero-order valence-corrected chi connectivity index (χ0v) is 14.7. The topological polar surface area (TPSA) is 33.7 Å². The van der Waals surface area contributed by atoms with E-state index in [1.807, 2.05) is 6.92 Å². The predicted molar refractivity (Wildman–Crippen MR) is 88.8 cm³/mol. The molecule has 0 bridgehead atoms. The van der Waals surface area contributed by atoms with Gasteiger partial charge in [0.15, 0.2) is 0 Å². The lowest BCUT2D eigenvalue weighted by Gasteiger charge is -2.34. The van der Waals surface area contributed by atoms with Gasteiger partial charge in [0.05, 0.1) is 25.9 Å². The number of rotatable bonds is 7. The number of hydrogen-bond acceptors (Lipinski definition) is 4. The van der Waals surface area contributed by atoms with Crippen molar-refractivity contribution in [3.05, 3.63) is 0 Å². The first-order chi connectivity index (χ1) is 10.0. The van der Waals surface area contributed by atoms with Gasteiger partial charge in [0.1, 0.15) is 0 Å². The minimum absolute atomic E-state index is 0.574. The molecule has 2 fully saturated rings. The van der Waals surface area contributed by atoms with E-state index in [2.05, 4.69) is 37.9 Å². The van der Waals surface area contributed by atoms with Crippen LogP contribution in [0.15, 0.2) is 0 Å². The first kappa shape index (κ1) is 18.9. The average Bonchev–Trinajstić information content (AvgIpc) is 2.83. The first-order valence-corrected chi connectivity index (χ1v) is 8.67. The zero-order chi connectivity index (χ0) is 15.7. The van der Waals surface area contributed by atoms with Crippen molar-refractivity contribution < 1.29 is 9.47 Å². The highest BCUT2D eigenvalue weighted by atomic mass is 16.5. The third-order valence-corrected chi connectivity index (χ3v) is 4.34. The van der Waals surface area contributed by atoms with Crippen LogP contribution in [0.5, 0.6) is 0 Å². The molecule has 21 heavy (non-hydrogen) atoms. The summed E-state index contributed by atoms with van der Waals surface area (Å²) in [4.78, 5) is 2.61. The van der Waals surface area contributed by atoms with E-state index in [4.69, 9.17) is 9.47 Å². The first-order valence-electron chi connectivity index (χ1n) is 8.67. The molecular weight excluding hydrogens is 264 g/mol. The molecule has 0 radical (unpaired) electrons. The van der Waals surface area contributed by atoms with Crippen LogP contribution in [0.4, 0.5) is 0 Å². The Morgan fingerprint density at radius 1 is 1.24 bits per heavy atom. The van der Waals surface area contributed by atoms with Gasteiger partial charge < -0.3 is 14.8 Å². The van der Waals surface area contributed by atoms with Crippen molar-refractivity contribution in [1.29, 1.82) is 0 Å². The Balaban J connectivity index is 0.000000222. The van der Waals surface area contributed by atoms with E-state index in [0.29, 0.717) is 6.04 Å². The molecule has 1 N–H and O–H groups in total. The Labute approximate surface area is 131 Å². The fourth-order valence-electron chi connectivity index (χ4n) is 2.69. The minimum atomic E-state index is 0.574. The van der Waals surface area contributed by atoms with Crippen LogP contribution in [0.3, 0.4) is 0 Å². The number of ether oxygens (including phenoxy) is 2. The molecule has 2 heterocycles. The molecule has 126 valence electrons. The highest BCUT2D eigenvalue weighted by Crippen LogP contribution is 2.26. The molecule has 2 aliphatic heterocycles. The lowest BCUT2D eigenvalue weighted by atomic mass is 9.95. The molecule has 1 atom stereocenters. The monoisotopic (exact) mass is 300 g/mol. The van der Waals surface area contributed by atoms with Gasteiger partial charge in [-0.1, -0.05) is 27.7 Å². The van der Waals surface area contributed by atoms with Crippen molar-refractivity contribution in [2.75, 3.05) is 46.1 Å². The van der Waals surface area contributed by atoms with Gasteiger partial charge in [0, 0.05) is 25.7 Å². The quantitative estimate of drug-likeness (QED) is 0.732.